The van der Waals surface area contributed by atoms with E-state index in [0.717, 1.165) is 19.6 Å². The first-order chi connectivity index (χ1) is 6.91. The molecular formula is C12H30I2N2. The van der Waals surface area contributed by atoms with E-state index in [1.54, 1.807) is 0 Å². The highest BCUT2D eigenvalue weighted by Crippen LogP contribution is 2.07. The maximum Gasteiger partial charge on any atom is 0.00745 e. The summed E-state index contributed by atoms with van der Waals surface area (Å²) < 4.78 is 0. The molecule has 0 heterocycles. The average molecular weight is 456 g/mol. The molecule has 102 valence electrons. The lowest BCUT2D eigenvalue weighted by atomic mass is 10.1. The van der Waals surface area contributed by atoms with Crippen LogP contribution in [0.1, 0.15) is 58.3 Å². The smallest absolute Gasteiger partial charge is 0.00745 e. The van der Waals surface area contributed by atoms with Gasteiger partial charge in [-0.1, -0.05) is 51.9 Å². The van der Waals surface area contributed by atoms with Gasteiger partial charge >= 0.3 is 0 Å². The van der Waals surface area contributed by atoms with Crippen molar-refractivity contribution in [3.8, 4) is 0 Å². The molecule has 0 rings (SSSR count). The number of nitrogens with two attached hydrogens (primary N) is 1. The van der Waals surface area contributed by atoms with Crippen molar-refractivity contribution in [1.29, 1.82) is 0 Å². The van der Waals surface area contributed by atoms with E-state index < -0.39 is 0 Å². The van der Waals surface area contributed by atoms with Crippen molar-refractivity contribution in [1.82, 2.24) is 5.32 Å². The van der Waals surface area contributed by atoms with Gasteiger partial charge in [0.1, 0.15) is 0 Å². The summed E-state index contributed by atoms with van der Waals surface area (Å²) in [5, 5.41) is 3.32. The molecule has 0 aliphatic heterocycles. The van der Waals surface area contributed by atoms with Crippen LogP contribution in [-0.2, 0) is 0 Å². The molecule has 2 nitrogen and oxygen atoms in total. The van der Waals surface area contributed by atoms with Gasteiger partial charge in [0.25, 0.3) is 0 Å². The molecule has 0 amide bonds. The normalized spacial score (nSPS) is 9.38. The van der Waals surface area contributed by atoms with Crippen LogP contribution in [0.5, 0.6) is 0 Å². The topological polar surface area (TPSA) is 38.0 Å². The Morgan fingerprint density at radius 1 is 0.750 bits per heavy atom. The summed E-state index contributed by atoms with van der Waals surface area (Å²) in [5.74, 6) is 0. The Bertz CT molecular complexity index is 91.0. The fraction of sp³-hybridized carbons (Fsp3) is 1.00. The summed E-state index contributed by atoms with van der Waals surface area (Å²) in [6.45, 7) is 5.14. The van der Waals surface area contributed by atoms with Gasteiger partial charge in [0.05, 0.1) is 0 Å². The van der Waals surface area contributed by atoms with Crippen LogP contribution in [-0.4, -0.2) is 19.6 Å². The Hall–Kier alpha value is 1.38. The van der Waals surface area contributed by atoms with E-state index in [1.165, 1.54) is 51.4 Å². The summed E-state index contributed by atoms with van der Waals surface area (Å²) in [6, 6.07) is 0. The molecule has 0 spiro atoms. The lowest BCUT2D eigenvalue weighted by Crippen LogP contribution is -2.23. The van der Waals surface area contributed by atoms with Gasteiger partial charge in [0.2, 0.25) is 0 Å². The van der Waals surface area contributed by atoms with Crippen LogP contribution in [0, 0.1) is 0 Å². The zero-order chi connectivity index (χ0) is 10.5. The van der Waals surface area contributed by atoms with E-state index >= 15 is 0 Å². The lowest BCUT2D eigenvalue weighted by molar-refractivity contribution is 0.557. The fourth-order valence-corrected chi connectivity index (χ4v) is 1.61. The molecule has 0 atom stereocenters. The van der Waals surface area contributed by atoms with E-state index in [-0.39, 0.29) is 48.0 Å². The highest BCUT2D eigenvalue weighted by atomic mass is 127. The Morgan fingerprint density at radius 2 is 1.25 bits per heavy atom. The molecule has 0 aromatic rings. The minimum Gasteiger partial charge on any atom is -0.329 e. The SMILES string of the molecule is CCCCCCCCCCNCCN.I.I. The number of nitrogens with one attached hydrogen (secondary N) is 1. The quantitative estimate of drug-likeness (QED) is 0.366. The van der Waals surface area contributed by atoms with Crippen LogP contribution < -0.4 is 11.1 Å². The molecule has 0 fully saturated rings. The van der Waals surface area contributed by atoms with E-state index in [2.05, 4.69) is 12.2 Å². The predicted octanol–water partition coefficient (Wildman–Crippen LogP) is 3.91. The molecule has 0 aliphatic carbocycles. The fourth-order valence-electron chi connectivity index (χ4n) is 1.61. The number of rotatable bonds is 11. The number of hydrogen-bond acceptors (Lipinski definition) is 2. The predicted molar refractivity (Wildman–Crippen MR) is 95.4 cm³/mol. The molecule has 0 unspecified atom stereocenters. The zero-order valence-electron chi connectivity index (χ0n) is 10.7. The van der Waals surface area contributed by atoms with Crippen LogP contribution >= 0.6 is 48.0 Å². The average Bonchev–Trinajstić information content (AvgIpc) is 2.21. The number of unbranched alkanes of at least 4 members (excludes halogenated alkanes) is 7. The minimum atomic E-state index is 0. The molecular weight excluding hydrogens is 426 g/mol. The molecule has 4 heteroatoms. The maximum absolute atomic E-state index is 5.37. The van der Waals surface area contributed by atoms with Crippen LogP contribution in [0.15, 0.2) is 0 Å². The molecule has 0 aliphatic rings. The van der Waals surface area contributed by atoms with Crippen molar-refractivity contribution in [3.05, 3.63) is 0 Å². The highest BCUT2D eigenvalue weighted by molar-refractivity contribution is 14.0. The van der Waals surface area contributed by atoms with Gasteiger partial charge in [-0.2, -0.15) is 0 Å². The summed E-state index contributed by atoms with van der Waals surface area (Å²) >= 11 is 0. The largest absolute Gasteiger partial charge is 0.329 e. The second kappa shape index (κ2) is 21.6. The molecule has 0 radical (unpaired) electrons. The van der Waals surface area contributed by atoms with Crippen molar-refractivity contribution in [2.75, 3.05) is 19.6 Å². The van der Waals surface area contributed by atoms with Gasteiger partial charge < -0.3 is 11.1 Å². The van der Waals surface area contributed by atoms with E-state index in [9.17, 15) is 0 Å². The Balaban J connectivity index is -0.000000845. The summed E-state index contributed by atoms with van der Waals surface area (Å²) in [7, 11) is 0. The first-order valence-electron chi connectivity index (χ1n) is 6.32. The van der Waals surface area contributed by atoms with Crippen LogP contribution in [0.3, 0.4) is 0 Å². The molecule has 0 aromatic heterocycles. The van der Waals surface area contributed by atoms with Crippen molar-refractivity contribution in [2.45, 2.75) is 58.3 Å². The maximum atomic E-state index is 5.37. The van der Waals surface area contributed by atoms with Gasteiger partial charge in [-0.15, -0.1) is 48.0 Å². The van der Waals surface area contributed by atoms with Gasteiger partial charge in [-0.3, -0.25) is 0 Å². The molecule has 0 aromatic carbocycles. The van der Waals surface area contributed by atoms with E-state index in [1.807, 2.05) is 0 Å². The number of halogens is 2. The third-order valence-electron chi connectivity index (χ3n) is 2.53. The summed E-state index contributed by atoms with van der Waals surface area (Å²) in [6.07, 6.45) is 11.2. The van der Waals surface area contributed by atoms with Crippen molar-refractivity contribution >= 4 is 48.0 Å². The summed E-state index contributed by atoms with van der Waals surface area (Å²) in [4.78, 5) is 0. The Morgan fingerprint density at radius 3 is 1.75 bits per heavy atom. The third kappa shape index (κ3) is 20.8. The first-order valence-corrected chi connectivity index (χ1v) is 6.32. The minimum absolute atomic E-state index is 0. The molecule has 16 heavy (non-hydrogen) atoms. The Kier molecular flexibility index (Phi) is 30.5. The molecule has 0 bridgehead atoms. The monoisotopic (exact) mass is 456 g/mol. The third-order valence-corrected chi connectivity index (χ3v) is 2.53. The first kappa shape index (κ1) is 22.6. The van der Waals surface area contributed by atoms with E-state index in [0.29, 0.717) is 0 Å². The van der Waals surface area contributed by atoms with E-state index in [4.69, 9.17) is 5.73 Å². The standard InChI is InChI=1S/C12H28N2.2HI/c1-2-3-4-5-6-7-8-9-11-14-12-10-13;;/h14H,2-13H2,1H3;2*1H. The van der Waals surface area contributed by atoms with Crippen molar-refractivity contribution in [2.24, 2.45) is 5.73 Å². The molecule has 0 saturated heterocycles. The van der Waals surface area contributed by atoms with Gasteiger partial charge in [0, 0.05) is 13.1 Å². The lowest BCUT2D eigenvalue weighted by Gasteiger charge is -2.03. The highest BCUT2D eigenvalue weighted by Gasteiger charge is 1.90. The van der Waals surface area contributed by atoms with Crippen LogP contribution in [0.2, 0.25) is 0 Å². The van der Waals surface area contributed by atoms with Gasteiger partial charge in [-0.25, -0.2) is 0 Å². The summed E-state index contributed by atoms with van der Waals surface area (Å²) in [5.41, 5.74) is 5.37. The van der Waals surface area contributed by atoms with Crippen LogP contribution in [0.25, 0.3) is 0 Å². The second-order valence-electron chi connectivity index (χ2n) is 4.01. The number of hydrogen-bond donors (Lipinski definition) is 2. The second-order valence-corrected chi connectivity index (χ2v) is 4.01. The van der Waals surface area contributed by atoms with Gasteiger partial charge in [-0.05, 0) is 13.0 Å². The molecule has 3 N–H and O–H groups in total. The molecule has 0 saturated carbocycles. The van der Waals surface area contributed by atoms with Crippen LogP contribution in [0.4, 0.5) is 0 Å². The van der Waals surface area contributed by atoms with Crippen molar-refractivity contribution < 1.29 is 0 Å². The zero-order valence-corrected chi connectivity index (χ0v) is 15.3. The van der Waals surface area contributed by atoms with Crippen molar-refractivity contribution in [3.63, 3.8) is 0 Å². The Labute approximate surface area is 136 Å². The van der Waals surface area contributed by atoms with Gasteiger partial charge in [0.15, 0.2) is 0 Å².